The number of aldehydes is 1. The van der Waals surface area contributed by atoms with E-state index in [4.69, 9.17) is 15.9 Å². The quantitative estimate of drug-likeness (QED) is 0.0723. The number of hydrogen-bond donors (Lipinski definition) is 3. The van der Waals surface area contributed by atoms with Crippen molar-refractivity contribution in [3.8, 4) is 0 Å². The van der Waals surface area contributed by atoms with Gasteiger partial charge in [0.2, 0.25) is 0 Å². The van der Waals surface area contributed by atoms with E-state index < -0.39 is 6.10 Å². The van der Waals surface area contributed by atoms with Crippen LogP contribution in [0.25, 0.3) is 6.08 Å². The summed E-state index contributed by atoms with van der Waals surface area (Å²) in [5.41, 5.74) is 9.76. The van der Waals surface area contributed by atoms with Gasteiger partial charge in [-0.05, 0) is 54.3 Å². The number of nitrogens with two attached hydrogens (primary N) is 1. The zero-order valence-corrected chi connectivity index (χ0v) is 22.0. The molecule has 3 aromatic rings. The molecule has 0 aliphatic heterocycles. The van der Waals surface area contributed by atoms with Crippen LogP contribution in [0.5, 0.6) is 0 Å². The molecule has 1 unspecified atom stereocenters. The summed E-state index contributed by atoms with van der Waals surface area (Å²) in [6.07, 6.45) is 5.66. The van der Waals surface area contributed by atoms with Crippen LogP contribution in [0.1, 0.15) is 67.4 Å². The normalized spacial score (nSPS) is 14.5. The molecule has 200 valence electrons. The van der Waals surface area contributed by atoms with E-state index in [0.717, 1.165) is 31.2 Å². The highest BCUT2D eigenvalue weighted by molar-refractivity contribution is 6.16. The standard InChI is InChI=1S/C32H33N3O4/c1-2-29(37)24(20-36)18-21-9-8-12-23(17-21)30(34)27-19-25(15-16-28(27)33)35-32(38)31(22-10-4-3-5-11-22)39-26-13-6-7-14-26/h3-5,8-12,15-20,26,31,34H,2,6-7,13-14,33H2,1H3,(H,35,38)/b24-18+,34-30?. The number of hydrogen-bond acceptors (Lipinski definition) is 6. The molecule has 7 nitrogen and oxygen atoms in total. The Morgan fingerprint density at radius 2 is 1.79 bits per heavy atom. The summed E-state index contributed by atoms with van der Waals surface area (Å²) in [5.74, 6) is -0.534. The van der Waals surface area contributed by atoms with E-state index in [0.29, 0.717) is 34.4 Å². The highest BCUT2D eigenvalue weighted by Crippen LogP contribution is 2.30. The van der Waals surface area contributed by atoms with Gasteiger partial charge in [-0.15, -0.1) is 0 Å². The second kappa shape index (κ2) is 12.9. The number of benzene rings is 3. The number of nitrogens with one attached hydrogen (secondary N) is 2. The Bertz CT molecular complexity index is 1390. The van der Waals surface area contributed by atoms with Crippen LogP contribution in [-0.2, 0) is 19.1 Å². The number of rotatable bonds is 11. The minimum Gasteiger partial charge on any atom is -0.398 e. The molecule has 0 bridgehead atoms. The second-order valence-corrected chi connectivity index (χ2v) is 9.62. The van der Waals surface area contributed by atoms with Gasteiger partial charge in [-0.2, -0.15) is 0 Å². The van der Waals surface area contributed by atoms with Gasteiger partial charge in [0, 0.05) is 28.9 Å². The van der Waals surface area contributed by atoms with E-state index in [9.17, 15) is 14.4 Å². The van der Waals surface area contributed by atoms with Crippen molar-refractivity contribution < 1.29 is 19.1 Å². The molecule has 4 rings (SSSR count). The summed E-state index contributed by atoms with van der Waals surface area (Å²) < 4.78 is 6.25. The molecule has 1 amide bonds. The molecule has 0 radical (unpaired) electrons. The van der Waals surface area contributed by atoms with Gasteiger partial charge in [-0.25, -0.2) is 0 Å². The third-order valence-electron chi connectivity index (χ3n) is 6.83. The number of Topliss-reactive ketones (excluding diaryl/α,β-unsaturated/α-hetero) is 1. The molecule has 0 heterocycles. The van der Waals surface area contributed by atoms with Crippen molar-refractivity contribution in [3.63, 3.8) is 0 Å². The van der Waals surface area contributed by atoms with Crippen LogP contribution >= 0.6 is 0 Å². The first-order chi connectivity index (χ1) is 18.9. The third kappa shape index (κ3) is 6.94. The molecule has 1 atom stereocenters. The largest absolute Gasteiger partial charge is 0.398 e. The molecule has 1 fully saturated rings. The van der Waals surface area contributed by atoms with Crippen molar-refractivity contribution in [2.24, 2.45) is 0 Å². The summed E-state index contributed by atoms with van der Waals surface area (Å²) >= 11 is 0. The maximum absolute atomic E-state index is 13.4. The summed E-state index contributed by atoms with van der Waals surface area (Å²) in [6.45, 7) is 1.70. The lowest BCUT2D eigenvalue weighted by atomic mass is 9.97. The Hall–Kier alpha value is -4.36. The van der Waals surface area contributed by atoms with E-state index in [1.165, 1.54) is 6.08 Å². The Morgan fingerprint density at radius 3 is 2.49 bits per heavy atom. The topological polar surface area (TPSA) is 122 Å². The smallest absolute Gasteiger partial charge is 0.258 e. The van der Waals surface area contributed by atoms with Gasteiger partial charge in [0.05, 0.1) is 17.4 Å². The highest BCUT2D eigenvalue weighted by Gasteiger charge is 2.27. The molecular formula is C32H33N3O4. The van der Waals surface area contributed by atoms with E-state index >= 15 is 0 Å². The van der Waals surface area contributed by atoms with Gasteiger partial charge in [-0.1, -0.05) is 68.3 Å². The Labute approximate surface area is 228 Å². The number of amides is 1. The first kappa shape index (κ1) is 27.7. The SMILES string of the molecule is CCC(=O)/C(C=O)=C/c1cccc(C(=N)c2cc(NC(=O)C(OC3CCCC3)c3ccccc3)ccc2N)c1. The molecule has 7 heteroatoms. The van der Waals surface area contributed by atoms with Crippen molar-refractivity contribution in [3.05, 3.63) is 101 Å². The fourth-order valence-electron chi connectivity index (χ4n) is 4.70. The average molecular weight is 524 g/mol. The average Bonchev–Trinajstić information content (AvgIpc) is 3.49. The van der Waals surface area contributed by atoms with E-state index in [-0.39, 0.29) is 35.5 Å². The van der Waals surface area contributed by atoms with E-state index in [2.05, 4.69) is 5.32 Å². The summed E-state index contributed by atoms with van der Waals surface area (Å²) in [4.78, 5) is 36.8. The predicted molar refractivity (Wildman–Crippen MR) is 154 cm³/mol. The highest BCUT2D eigenvalue weighted by atomic mass is 16.5. The molecular weight excluding hydrogens is 490 g/mol. The number of anilines is 2. The number of carbonyl (C=O) groups is 3. The minimum absolute atomic E-state index is 0.0461. The van der Waals surface area contributed by atoms with Crippen molar-refractivity contribution in [1.29, 1.82) is 5.41 Å². The number of carbonyl (C=O) groups excluding carboxylic acids is 3. The minimum atomic E-state index is -0.754. The monoisotopic (exact) mass is 523 g/mol. The van der Waals surface area contributed by atoms with Gasteiger partial charge < -0.3 is 15.8 Å². The van der Waals surface area contributed by atoms with Crippen molar-refractivity contribution in [2.75, 3.05) is 11.1 Å². The number of nitrogen functional groups attached to an aromatic ring is 1. The lowest BCUT2D eigenvalue weighted by Gasteiger charge is -2.22. The lowest BCUT2D eigenvalue weighted by molar-refractivity contribution is -0.131. The van der Waals surface area contributed by atoms with Crippen molar-refractivity contribution >= 4 is 41.1 Å². The van der Waals surface area contributed by atoms with E-state index in [1.807, 2.05) is 30.3 Å². The van der Waals surface area contributed by atoms with Crippen LogP contribution in [0.3, 0.4) is 0 Å². The second-order valence-electron chi connectivity index (χ2n) is 9.62. The van der Waals surface area contributed by atoms with E-state index in [1.54, 1.807) is 49.4 Å². The first-order valence-electron chi connectivity index (χ1n) is 13.2. The number of allylic oxidation sites excluding steroid dienone is 1. The van der Waals surface area contributed by atoms with Gasteiger partial charge in [0.15, 0.2) is 18.2 Å². The lowest BCUT2D eigenvalue weighted by Crippen LogP contribution is -2.27. The van der Waals surface area contributed by atoms with Crippen LogP contribution in [0, 0.1) is 5.41 Å². The Morgan fingerprint density at radius 1 is 1.05 bits per heavy atom. The maximum Gasteiger partial charge on any atom is 0.258 e. The van der Waals surface area contributed by atoms with Crippen LogP contribution in [-0.4, -0.2) is 29.8 Å². The van der Waals surface area contributed by atoms with Crippen LogP contribution in [0.2, 0.25) is 0 Å². The summed E-state index contributed by atoms with van der Waals surface area (Å²) in [5, 5.41) is 11.8. The maximum atomic E-state index is 13.4. The summed E-state index contributed by atoms with van der Waals surface area (Å²) in [7, 11) is 0. The van der Waals surface area contributed by atoms with Gasteiger partial charge in [0.25, 0.3) is 5.91 Å². The van der Waals surface area contributed by atoms with Crippen molar-refractivity contribution in [1.82, 2.24) is 0 Å². The number of ketones is 1. The van der Waals surface area contributed by atoms with Crippen LogP contribution in [0.4, 0.5) is 11.4 Å². The Kier molecular flexibility index (Phi) is 9.18. The fraction of sp³-hybridized carbons (Fsp3) is 0.250. The predicted octanol–water partition coefficient (Wildman–Crippen LogP) is 5.89. The molecule has 1 saturated carbocycles. The molecule has 0 aromatic heterocycles. The zero-order valence-electron chi connectivity index (χ0n) is 22.0. The molecule has 39 heavy (non-hydrogen) atoms. The van der Waals surface area contributed by atoms with Gasteiger partial charge in [0.1, 0.15) is 0 Å². The zero-order chi connectivity index (χ0) is 27.8. The molecule has 0 spiro atoms. The molecule has 1 aliphatic rings. The first-order valence-corrected chi connectivity index (χ1v) is 13.2. The van der Waals surface area contributed by atoms with Crippen LogP contribution in [0.15, 0.2) is 78.4 Å². The third-order valence-corrected chi connectivity index (χ3v) is 6.83. The van der Waals surface area contributed by atoms with Crippen LogP contribution < -0.4 is 11.1 Å². The van der Waals surface area contributed by atoms with Crippen molar-refractivity contribution in [2.45, 2.75) is 51.2 Å². The Balaban J connectivity index is 1.57. The molecule has 4 N–H and O–H groups in total. The molecule has 3 aromatic carbocycles. The summed E-state index contributed by atoms with van der Waals surface area (Å²) in [6, 6.07) is 21.5. The number of ether oxygens (including phenoxy) is 1. The molecule has 0 saturated heterocycles. The van der Waals surface area contributed by atoms with Gasteiger partial charge >= 0.3 is 0 Å². The fourth-order valence-corrected chi connectivity index (χ4v) is 4.70. The molecule has 1 aliphatic carbocycles. The van der Waals surface area contributed by atoms with Gasteiger partial charge in [-0.3, -0.25) is 19.8 Å².